The van der Waals surface area contributed by atoms with Crippen LogP contribution in [0.25, 0.3) is 0 Å². The van der Waals surface area contributed by atoms with Gasteiger partial charge >= 0.3 is 0 Å². The third-order valence-corrected chi connectivity index (χ3v) is 6.25. The van der Waals surface area contributed by atoms with E-state index in [2.05, 4.69) is 5.32 Å². The zero-order valence-electron chi connectivity index (χ0n) is 11.8. The molecule has 2 aliphatic rings. The van der Waals surface area contributed by atoms with Crippen molar-refractivity contribution in [2.45, 2.75) is 38.5 Å². The molecule has 1 unspecified atom stereocenters. The minimum absolute atomic E-state index is 0. The Bertz CT molecular complexity index is 356. The molecule has 2 rings (SSSR count). The smallest absolute Gasteiger partial charge is 0.214 e. The van der Waals surface area contributed by atoms with Gasteiger partial charge in [-0.3, -0.25) is 0 Å². The lowest BCUT2D eigenvalue weighted by atomic mass is 9.84. The normalized spacial score (nSPS) is 25.6. The SMILES string of the molecule is CNCC1CCCN(S(=O)(=O)CCC2CCC2)C1.Cl. The van der Waals surface area contributed by atoms with Gasteiger partial charge in [0.15, 0.2) is 0 Å². The van der Waals surface area contributed by atoms with Gasteiger partial charge in [-0.05, 0) is 44.7 Å². The van der Waals surface area contributed by atoms with Gasteiger partial charge in [0.2, 0.25) is 10.0 Å². The Morgan fingerprint density at radius 3 is 2.42 bits per heavy atom. The summed E-state index contributed by atoms with van der Waals surface area (Å²) in [6.07, 6.45) is 6.79. The van der Waals surface area contributed by atoms with Crippen molar-refractivity contribution in [2.24, 2.45) is 11.8 Å². The molecule has 0 radical (unpaired) electrons. The molecule has 1 aliphatic carbocycles. The largest absolute Gasteiger partial charge is 0.319 e. The third-order valence-electron chi connectivity index (χ3n) is 4.38. The number of rotatable bonds is 6. The van der Waals surface area contributed by atoms with E-state index in [1.54, 1.807) is 4.31 Å². The molecule has 0 spiro atoms. The van der Waals surface area contributed by atoms with Crippen molar-refractivity contribution in [1.29, 1.82) is 0 Å². The van der Waals surface area contributed by atoms with Crippen molar-refractivity contribution < 1.29 is 8.42 Å². The molecule has 0 aromatic rings. The Balaban J connectivity index is 0.00000180. The van der Waals surface area contributed by atoms with E-state index in [9.17, 15) is 8.42 Å². The molecule has 19 heavy (non-hydrogen) atoms. The molecule has 0 aromatic carbocycles. The van der Waals surface area contributed by atoms with Crippen molar-refractivity contribution in [1.82, 2.24) is 9.62 Å². The highest BCUT2D eigenvalue weighted by Crippen LogP contribution is 2.30. The van der Waals surface area contributed by atoms with Crippen molar-refractivity contribution >= 4 is 22.4 Å². The molecule has 0 amide bonds. The van der Waals surface area contributed by atoms with E-state index < -0.39 is 10.0 Å². The summed E-state index contributed by atoms with van der Waals surface area (Å²) in [6, 6.07) is 0. The second kappa shape index (κ2) is 7.81. The van der Waals surface area contributed by atoms with Crippen LogP contribution in [0.1, 0.15) is 38.5 Å². The van der Waals surface area contributed by atoms with Crippen molar-refractivity contribution in [3.8, 4) is 0 Å². The minimum Gasteiger partial charge on any atom is -0.319 e. The fraction of sp³-hybridized carbons (Fsp3) is 1.00. The second-order valence-electron chi connectivity index (χ2n) is 5.83. The van der Waals surface area contributed by atoms with Crippen molar-refractivity contribution in [3.05, 3.63) is 0 Å². The lowest BCUT2D eigenvalue weighted by Gasteiger charge is -2.33. The van der Waals surface area contributed by atoms with Crippen LogP contribution >= 0.6 is 12.4 Å². The van der Waals surface area contributed by atoms with Gasteiger partial charge in [-0.15, -0.1) is 12.4 Å². The van der Waals surface area contributed by atoms with Gasteiger partial charge in [-0.1, -0.05) is 19.3 Å². The van der Waals surface area contributed by atoms with Gasteiger partial charge < -0.3 is 5.32 Å². The zero-order valence-corrected chi connectivity index (χ0v) is 13.4. The van der Waals surface area contributed by atoms with E-state index in [0.29, 0.717) is 24.1 Å². The van der Waals surface area contributed by atoms with Crippen molar-refractivity contribution in [3.63, 3.8) is 0 Å². The predicted octanol–water partition coefficient (Wildman–Crippen LogP) is 1.86. The van der Waals surface area contributed by atoms with Gasteiger partial charge in [0.05, 0.1) is 5.75 Å². The molecule has 1 saturated carbocycles. The van der Waals surface area contributed by atoms with Gasteiger partial charge in [0.1, 0.15) is 0 Å². The topological polar surface area (TPSA) is 49.4 Å². The maximum atomic E-state index is 12.3. The van der Waals surface area contributed by atoms with Gasteiger partial charge in [0.25, 0.3) is 0 Å². The van der Waals surface area contributed by atoms with Crippen LogP contribution in [0.2, 0.25) is 0 Å². The molecule has 114 valence electrons. The van der Waals surface area contributed by atoms with Crippen LogP contribution in [0, 0.1) is 11.8 Å². The fourth-order valence-electron chi connectivity index (χ4n) is 2.96. The molecule has 4 nitrogen and oxygen atoms in total. The number of nitrogens with one attached hydrogen (secondary N) is 1. The third kappa shape index (κ3) is 4.88. The van der Waals surface area contributed by atoms with Crippen LogP contribution in [-0.4, -0.2) is 45.2 Å². The first-order valence-corrected chi connectivity index (χ1v) is 8.85. The Morgan fingerprint density at radius 1 is 1.16 bits per heavy atom. The average Bonchev–Trinajstić information content (AvgIpc) is 2.27. The van der Waals surface area contributed by atoms with Crippen LogP contribution in [0.4, 0.5) is 0 Å². The van der Waals surface area contributed by atoms with Crippen LogP contribution in [0.3, 0.4) is 0 Å². The van der Waals surface area contributed by atoms with Crippen LogP contribution in [0.5, 0.6) is 0 Å². The van der Waals surface area contributed by atoms with Crippen molar-refractivity contribution in [2.75, 3.05) is 32.4 Å². The number of sulfonamides is 1. The van der Waals surface area contributed by atoms with E-state index in [1.165, 1.54) is 19.3 Å². The summed E-state index contributed by atoms with van der Waals surface area (Å²) >= 11 is 0. The molecule has 1 atom stereocenters. The Kier molecular flexibility index (Phi) is 7.08. The highest BCUT2D eigenvalue weighted by atomic mass is 35.5. The van der Waals surface area contributed by atoms with E-state index in [1.807, 2.05) is 7.05 Å². The molecule has 0 aromatic heterocycles. The first kappa shape index (κ1) is 17.2. The van der Waals surface area contributed by atoms with Gasteiger partial charge in [0, 0.05) is 13.1 Å². The maximum Gasteiger partial charge on any atom is 0.214 e. The van der Waals surface area contributed by atoms with E-state index >= 15 is 0 Å². The Morgan fingerprint density at radius 2 is 1.84 bits per heavy atom. The highest BCUT2D eigenvalue weighted by molar-refractivity contribution is 7.89. The predicted molar refractivity (Wildman–Crippen MR) is 81.2 cm³/mol. The molecule has 6 heteroatoms. The molecule has 1 aliphatic heterocycles. The fourth-order valence-corrected chi connectivity index (χ4v) is 4.70. The summed E-state index contributed by atoms with van der Waals surface area (Å²) in [6.45, 7) is 2.37. The number of nitrogens with zero attached hydrogens (tertiary/aromatic N) is 1. The first-order chi connectivity index (χ1) is 8.62. The maximum absolute atomic E-state index is 12.3. The zero-order chi connectivity index (χ0) is 13.0. The van der Waals surface area contributed by atoms with E-state index in [0.717, 1.165) is 32.4 Å². The summed E-state index contributed by atoms with van der Waals surface area (Å²) < 4.78 is 26.3. The van der Waals surface area contributed by atoms with Crippen LogP contribution in [-0.2, 0) is 10.0 Å². The highest BCUT2D eigenvalue weighted by Gasteiger charge is 2.29. The molecule has 1 saturated heterocycles. The molecular formula is C13H27ClN2O2S. The monoisotopic (exact) mass is 310 g/mol. The Labute approximate surface area is 123 Å². The number of halogens is 1. The molecular weight excluding hydrogens is 284 g/mol. The summed E-state index contributed by atoms with van der Waals surface area (Å²) in [5, 5.41) is 3.16. The van der Waals surface area contributed by atoms with E-state index in [-0.39, 0.29) is 12.4 Å². The Hall–Kier alpha value is 0.160. The molecule has 1 N–H and O–H groups in total. The number of hydrogen-bond acceptors (Lipinski definition) is 3. The second-order valence-corrected chi connectivity index (χ2v) is 7.91. The minimum atomic E-state index is -3.00. The summed E-state index contributed by atoms with van der Waals surface area (Å²) in [5.41, 5.74) is 0. The molecule has 1 heterocycles. The summed E-state index contributed by atoms with van der Waals surface area (Å²) in [4.78, 5) is 0. The lowest BCUT2D eigenvalue weighted by molar-refractivity contribution is 0.260. The molecule has 0 bridgehead atoms. The summed E-state index contributed by atoms with van der Waals surface area (Å²) in [7, 11) is -1.07. The summed E-state index contributed by atoms with van der Waals surface area (Å²) in [5.74, 6) is 1.53. The number of piperidine rings is 1. The number of hydrogen-bond donors (Lipinski definition) is 1. The molecule has 2 fully saturated rings. The quantitative estimate of drug-likeness (QED) is 0.814. The van der Waals surface area contributed by atoms with E-state index in [4.69, 9.17) is 0 Å². The van der Waals surface area contributed by atoms with Gasteiger partial charge in [-0.25, -0.2) is 12.7 Å². The average molecular weight is 311 g/mol. The van der Waals surface area contributed by atoms with Crippen LogP contribution in [0.15, 0.2) is 0 Å². The van der Waals surface area contributed by atoms with Crippen LogP contribution < -0.4 is 5.32 Å². The van der Waals surface area contributed by atoms with Gasteiger partial charge in [-0.2, -0.15) is 0 Å². The standard InChI is InChI=1S/C13H26N2O2S.ClH/c1-14-10-13-6-3-8-15(11-13)18(16,17)9-7-12-4-2-5-12;/h12-14H,2-11H2,1H3;1H. The first-order valence-electron chi connectivity index (χ1n) is 7.24. The lowest BCUT2D eigenvalue weighted by Crippen LogP contribution is -2.43.